The molecule has 0 aromatic heterocycles. The van der Waals surface area contributed by atoms with Crippen molar-refractivity contribution in [2.45, 2.75) is 34.6 Å². The zero-order valence-electron chi connectivity index (χ0n) is 10.8. The molecule has 0 aliphatic rings. The molecule has 0 saturated heterocycles. The molecule has 0 radical (unpaired) electrons. The Morgan fingerprint density at radius 2 is 1.38 bits per heavy atom. The maximum absolute atomic E-state index is 5.69. The summed E-state index contributed by atoms with van der Waals surface area (Å²) in [5.41, 5.74) is 3.88. The Bertz CT molecular complexity index is 344. The van der Waals surface area contributed by atoms with E-state index < -0.39 is 8.38 Å². The van der Waals surface area contributed by atoms with E-state index in [1.54, 1.807) is 0 Å². The lowest BCUT2D eigenvalue weighted by atomic mass is 10.1. The van der Waals surface area contributed by atoms with Crippen LogP contribution in [0.2, 0.25) is 0 Å². The first-order chi connectivity index (χ1) is 7.60. The van der Waals surface area contributed by atoms with Crippen LogP contribution in [0.15, 0.2) is 12.1 Å². The average Bonchev–Trinajstić information content (AvgIpc) is 2.23. The van der Waals surface area contributed by atoms with E-state index in [4.69, 9.17) is 9.05 Å². The van der Waals surface area contributed by atoms with Crippen molar-refractivity contribution in [3.8, 4) is 0 Å². The predicted molar refractivity (Wildman–Crippen MR) is 70.5 cm³/mol. The third kappa shape index (κ3) is 3.28. The molecule has 2 nitrogen and oxygen atoms in total. The van der Waals surface area contributed by atoms with E-state index in [0.717, 1.165) is 0 Å². The minimum absolute atomic E-state index is 0.693. The average molecular weight is 240 g/mol. The van der Waals surface area contributed by atoms with Crippen molar-refractivity contribution < 1.29 is 9.05 Å². The minimum atomic E-state index is -0.905. The van der Waals surface area contributed by atoms with Crippen LogP contribution in [0.5, 0.6) is 0 Å². The third-order valence-electron chi connectivity index (χ3n) is 2.50. The molecular formula is C13H21O2P. The summed E-state index contributed by atoms with van der Waals surface area (Å²) >= 11 is 0. The van der Waals surface area contributed by atoms with Crippen LogP contribution in [0, 0.1) is 20.8 Å². The second-order valence-electron chi connectivity index (χ2n) is 3.82. The topological polar surface area (TPSA) is 18.5 Å². The molecule has 1 aromatic carbocycles. The van der Waals surface area contributed by atoms with Gasteiger partial charge in [0.1, 0.15) is 0 Å². The van der Waals surface area contributed by atoms with E-state index in [9.17, 15) is 0 Å². The Morgan fingerprint density at radius 3 is 1.88 bits per heavy atom. The summed E-state index contributed by atoms with van der Waals surface area (Å²) in [4.78, 5) is 0. The van der Waals surface area contributed by atoms with E-state index in [1.807, 2.05) is 13.8 Å². The number of aryl methyl sites for hydroxylation is 3. The van der Waals surface area contributed by atoms with E-state index in [0.29, 0.717) is 13.2 Å². The summed E-state index contributed by atoms with van der Waals surface area (Å²) in [6, 6.07) is 4.40. The molecule has 1 rings (SSSR count). The molecule has 0 N–H and O–H groups in total. The van der Waals surface area contributed by atoms with Gasteiger partial charge in [-0.2, -0.15) is 0 Å². The Morgan fingerprint density at radius 1 is 0.875 bits per heavy atom. The summed E-state index contributed by atoms with van der Waals surface area (Å²) in [6.45, 7) is 11.8. The van der Waals surface area contributed by atoms with Crippen LogP contribution in [0.1, 0.15) is 30.5 Å². The monoisotopic (exact) mass is 240 g/mol. The van der Waals surface area contributed by atoms with Crippen molar-refractivity contribution in [1.82, 2.24) is 0 Å². The van der Waals surface area contributed by atoms with Gasteiger partial charge in [-0.3, -0.25) is 0 Å². The van der Waals surface area contributed by atoms with Gasteiger partial charge in [0.25, 0.3) is 0 Å². The van der Waals surface area contributed by atoms with Crippen LogP contribution >= 0.6 is 8.38 Å². The van der Waals surface area contributed by atoms with E-state index >= 15 is 0 Å². The van der Waals surface area contributed by atoms with Crippen molar-refractivity contribution in [1.29, 1.82) is 0 Å². The van der Waals surface area contributed by atoms with Gasteiger partial charge in [-0.15, -0.1) is 0 Å². The lowest BCUT2D eigenvalue weighted by Gasteiger charge is -2.19. The molecule has 0 aliphatic heterocycles. The van der Waals surface area contributed by atoms with Gasteiger partial charge in [-0.25, -0.2) is 0 Å². The fourth-order valence-electron chi connectivity index (χ4n) is 1.55. The SMILES string of the molecule is CCOP(OCC)c1cc(C)c(C)cc1C. The van der Waals surface area contributed by atoms with Crippen molar-refractivity contribution in [3.63, 3.8) is 0 Å². The predicted octanol–water partition coefficient (Wildman–Crippen LogP) is 3.62. The fraction of sp³-hybridized carbons (Fsp3) is 0.538. The molecule has 0 atom stereocenters. The van der Waals surface area contributed by atoms with Gasteiger partial charge in [-0.05, 0) is 57.4 Å². The number of rotatable bonds is 5. The Labute approximate surface area is 99.9 Å². The molecule has 0 bridgehead atoms. The van der Waals surface area contributed by atoms with Crippen LogP contribution in [0.4, 0.5) is 0 Å². The van der Waals surface area contributed by atoms with Gasteiger partial charge in [-0.1, -0.05) is 6.07 Å². The van der Waals surface area contributed by atoms with Crippen LogP contribution in [-0.4, -0.2) is 13.2 Å². The highest BCUT2D eigenvalue weighted by atomic mass is 31.2. The highest BCUT2D eigenvalue weighted by Crippen LogP contribution is 2.38. The van der Waals surface area contributed by atoms with Crippen LogP contribution in [0.3, 0.4) is 0 Å². The summed E-state index contributed by atoms with van der Waals surface area (Å²) in [5.74, 6) is 0. The molecule has 16 heavy (non-hydrogen) atoms. The second kappa shape index (κ2) is 6.34. The maximum atomic E-state index is 5.69. The standard InChI is InChI=1S/C13H21O2P/c1-6-14-16(15-7-2)13-9-11(4)10(3)8-12(13)5/h8-9H,6-7H2,1-5H3. The van der Waals surface area contributed by atoms with Gasteiger partial charge in [0.05, 0.1) is 13.2 Å². The van der Waals surface area contributed by atoms with Crippen molar-refractivity contribution in [2.75, 3.05) is 13.2 Å². The fourth-order valence-corrected chi connectivity index (χ4v) is 3.03. The van der Waals surface area contributed by atoms with Crippen molar-refractivity contribution >= 4 is 13.7 Å². The second-order valence-corrected chi connectivity index (χ2v) is 5.33. The Hall–Kier alpha value is -0.430. The number of hydrogen-bond donors (Lipinski definition) is 0. The molecule has 0 fully saturated rings. The van der Waals surface area contributed by atoms with Crippen LogP contribution < -0.4 is 5.30 Å². The lowest BCUT2D eigenvalue weighted by Crippen LogP contribution is -2.11. The van der Waals surface area contributed by atoms with Crippen LogP contribution in [-0.2, 0) is 9.05 Å². The highest BCUT2D eigenvalue weighted by Gasteiger charge is 2.16. The molecular weight excluding hydrogens is 219 g/mol. The van der Waals surface area contributed by atoms with Gasteiger partial charge in [0.2, 0.25) is 8.38 Å². The molecule has 90 valence electrons. The van der Waals surface area contributed by atoms with E-state index in [1.165, 1.54) is 22.0 Å². The molecule has 0 saturated carbocycles. The maximum Gasteiger partial charge on any atom is 0.205 e. The number of hydrogen-bond acceptors (Lipinski definition) is 2. The normalized spacial score (nSPS) is 11.1. The molecule has 0 aliphatic carbocycles. The largest absolute Gasteiger partial charge is 0.331 e. The van der Waals surface area contributed by atoms with Crippen molar-refractivity contribution in [3.05, 3.63) is 28.8 Å². The van der Waals surface area contributed by atoms with Gasteiger partial charge >= 0.3 is 0 Å². The quantitative estimate of drug-likeness (QED) is 0.732. The lowest BCUT2D eigenvalue weighted by molar-refractivity contribution is 0.277. The summed E-state index contributed by atoms with van der Waals surface area (Å²) < 4.78 is 11.4. The molecule has 1 aromatic rings. The molecule has 0 unspecified atom stereocenters. The molecule has 3 heteroatoms. The van der Waals surface area contributed by atoms with E-state index in [-0.39, 0.29) is 0 Å². The first kappa shape index (κ1) is 13.6. The highest BCUT2D eigenvalue weighted by molar-refractivity contribution is 7.56. The zero-order valence-corrected chi connectivity index (χ0v) is 11.7. The Balaban J connectivity index is 3.03. The van der Waals surface area contributed by atoms with Crippen LogP contribution in [0.25, 0.3) is 0 Å². The smallest absolute Gasteiger partial charge is 0.205 e. The summed E-state index contributed by atoms with van der Waals surface area (Å²) in [7, 11) is -0.905. The summed E-state index contributed by atoms with van der Waals surface area (Å²) in [6.07, 6.45) is 0. The summed E-state index contributed by atoms with van der Waals surface area (Å²) in [5, 5.41) is 1.21. The van der Waals surface area contributed by atoms with E-state index in [2.05, 4.69) is 32.9 Å². The van der Waals surface area contributed by atoms with Crippen molar-refractivity contribution in [2.24, 2.45) is 0 Å². The first-order valence-electron chi connectivity index (χ1n) is 5.74. The third-order valence-corrected chi connectivity index (χ3v) is 4.36. The van der Waals surface area contributed by atoms with Gasteiger partial charge in [0.15, 0.2) is 0 Å². The zero-order chi connectivity index (χ0) is 12.1. The molecule has 0 spiro atoms. The van der Waals surface area contributed by atoms with Gasteiger partial charge < -0.3 is 9.05 Å². The number of benzene rings is 1. The molecule has 0 heterocycles. The Kier molecular flexibility index (Phi) is 5.40. The minimum Gasteiger partial charge on any atom is -0.331 e. The molecule has 0 amide bonds. The van der Waals surface area contributed by atoms with Gasteiger partial charge in [0, 0.05) is 5.30 Å². The first-order valence-corrected chi connectivity index (χ1v) is 6.91.